The predicted octanol–water partition coefficient (Wildman–Crippen LogP) is 0.454. The first-order valence-electron chi connectivity index (χ1n) is 6.32. The first-order valence-corrected chi connectivity index (χ1v) is 8.04. The summed E-state index contributed by atoms with van der Waals surface area (Å²) in [6, 6.07) is 1.93. The Hall–Kier alpha value is -1.21. The van der Waals surface area contributed by atoms with Crippen LogP contribution in [0.3, 0.4) is 0 Å². The van der Waals surface area contributed by atoms with E-state index in [1.807, 2.05) is 19.9 Å². The molecule has 6 nitrogen and oxygen atoms in total. The highest BCUT2D eigenvalue weighted by atomic mass is 32.2. The van der Waals surface area contributed by atoms with E-state index in [-0.39, 0.29) is 17.6 Å². The maximum absolute atomic E-state index is 11.2. The highest BCUT2D eigenvalue weighted by Crippen LogP contribution is 2.27. The predicted molar refractivity (Wildman–Crippen MR) is 74.3 cm³/mol. The second kappa shape index (κ2) is 5.05. The van der Waals surface area contributed by atoms with Crippen molar-refractivity contribution < 1.29 is 8.42 Å². The summed E-state index contributed by atoms with van der Waals surface area (Å²) in [5.41, 5.74) is 0.921. The number of hydrogen-bond acceptors (Lipinski definition) is 5. The van der Waals surface area contributed by atoms with Gasteiger partial charge in [-0.25, -0.2) is 23.5 Å². The summed E-state index contributed by atoms with van der Waals surface area (Å²) in [7, 11) is -3.42. The van der Waals surface area contributed by atoms with Crippen molar-refractivity contribution >= 4 is 15.8 Å². The van der Waals surface area contributed by atoms with Crippen molar-refractivity contribution in [2.45, 2.75) is 20.8 Å². The van der Waals surface area contributed by atoms with Crippen LogP contribution >= 0.6 is 0 Å². The molecule has 2 heterocycles. The van der Waals surface area contributed by atoms with Gasteiger partial charge in [0.15, 0.2) is 0 Å². The van der Waals surface area contributed by atoms with Crippen LogP contribution in [0.15, 0.2) is 6.07 Å². The lowest BCUT2D eigenvalue weighted by Gasteiger charge is -2.18. The zero-order valence-electron chi connectivity index (χ0n) is 11.5. The van der Waals surface area contributed by atoms with Gasteiger partial charge in [-0.2, -0.15) is 0 Å². The Morgan fingerprint density at radius 2 is 2.05 bits per heavy atom. The van der Waals surface area contributed by atoms with Crippen molar-refractivity contribution in [2.24, 2.45) is 17.0 Å². The number of nitrogens with two attached hydrogens (primary N) is 1. The molecule has 0 aromatic carbocycles. The van der Waals surface area contributed by atoms with Crippen molar-refractivity contribution in [3.8, 4) is 0 Å². The highest BCUT2D eigenvalue weighted by Gasteiger charge is 2.32. The molecule has 0 aliphatic carbocycles. The maximum Gasteiger partial charge on any atom is 0.209 e. The standard InChI is InChI=1S/C12H20N4O2S/c1-8-5-16(6-11(8)7-19(13,17)18)12-4-9(2)14-10(3)15-12/h4,8,11H,5-7H2,1-3H3,(H2,13,17,18)/t8-,11+/m1/s1. The quantitative estimate of drug-likeness (QED) is 0.870. The van der Waals surface area contributed by atoms with Crippen LogP contribution in [0, 0.1) is 25.7 Å². The van der Waals surface area contributed by atoms with E-state index in [0.717, 1.165) is 23.9 Å². The molecule has 1 aliphatic heterocycles. The van der Waals surface area contributed by atoms with Gasteiger partial charge in [0.25, 0.3) is 0 Å². The van der Waals surface area contributed by atoms with Crippen molar-refractivity contribution in [3.05, 3.63) is 17.6 Å². The number of sulfonamides is 1. The van der Waals surface area contributed by atoms with Gasteiger partial charge in [0.05, 0.1) is 5.75 Å². The number of aryl methyl sites for hydroxylation is 2. The Bertz CT molecular complexity index is 553. The van der Waals surface area contributed by atoms with Crippen LogP contribution in [-0.4, -0.2) is 37.2 Å². The smallest absolute Gasteiger partial charge is 0.209 e. The summed E-state index contributed by atoms with van der Waals surface area (Å²) < 4.78 is 22.4. The minimum atomic E-state index is -3.42. The van der Waals surface area contributed by atoms with Crippen molar-refractivity contribution in [2.75, 3.05) is 23.7 Å². The molecule has 1 aliphatic rings. The zero-order valence-corrected chi connectivity index (χ0v) is 12.3. The Labute approximate surface area is 114 Å². The number of hydrogen-bond donors (Lipinski definition) is 1. The van der Waals surface area contributed by atoms with E-state index in [1.54, 1.807) is 0 Å². The molecule has 0 saturated carbocycles. The highest BCUT2D eigenvalue weighted by molar-refractivity contribution is 7.89. The minimum absolute atomic E-state index is 0.0354. The summed E-state index contributed by atoms with van der Waals surface area (Å²) in [6.45, 7) is 7.32. The molecule has 0 amide bonds. The van der Waals surface area contributed by atoms with E-state index < -0.39 is 10.0 Å². The second-order valence-corrected chi connectivity index (χ2v) is 7.05. The SMILES string of the molecule is Cc1cc(N2C[C@@H](CS(N)(=O)=O)[C@H](C)C2)nc(C)n1. The van der Waals surface area contributed by atoms with Crippen LogP contribution in [-0.2, 0) is 10.0 Å². The fraction of sp³-hybridized carbons (Fsp3) is 0.667. The molecule has 0 radical (unpaired) electrons. The van der Waals surface area contributed by atoms with Gasteiger partial charge < -0.3 is 4.90 Å². The third-order valence-electron chi connectivity index (χ3n) is 3.49. The van der Waals surface area contributed by atoms with E-state index in [9.17, 15) is 8.42 Å². The summed E-state index contributed by atoms with van der Waals surface area (Å²) in [5.74, 6) is 1.99. The van der Waals surface area contributed by atoms with Crippen LogP contribution in [0.2, 0.25) is 0 Å². The van der Waals surface area contributed by atoms with Crippen LogP contribution in [0.1, 0.15) is 18.4 Å². The first kappa shape index (κ1) is 14.2. The van der Waals surface area contributed by atoms with Gasteiger partial charge in [0.2, 0.25) is 10.0 Å². The van der Waals surface area contributed by atoms with Gasteiger partial charge in [0, 0.05) is 24.8 Å². The van der Waals surface area contributed by atoms with Gasteiger partial charge in [0.1, 0.15) is 11.6 Å². The van der Waals surface area contributed by atoms with E-state index in [2.05, 4.69) is 21.8 Å². The van der Waals surface area contributed by atoms with Gasteiger partial charge in [-0.05, 0) is 25.7 Å². The topological polar surface area (TPSA) is 89.2 Å². The van der Waals surface area contributed by atoms with Crippen molar-refractivity contribution in [1.29, 1.82) is 0 Å². The molecular formula is C12H20N4O2S. The lowest BCUT2D eigenvalue weighted by Crippen LogP contribution is -2.27. The number of primary sulfonamides is 1. The number of anilines is 1. The Morgan fingerprint density at radius 1 is 1.37 bits per heavy atom. The molecule has 2 atom stereocenters. The third-order valence-corrected chi connectivity index (χ3v) is 4.38. The van der Waals surface area contributed by atoms with E-state index in [1.165, 1.54) is 0 Å². The molecule has 0 bridgehead atoms. The molecule has 106 valence electrons. The van der Waals surface area contributed by atoms with Crippen LogP contribution in [0.5, 0.6) is 0 Å². The molecule has 0 unspecified atom stereocenters. The maximum atomic E-state index is 11.2. The molecule has 7 heteroatoms. The number of rotatable bonds is 3. The summed E-state index contributed by atoms with van der Waals surface area (Å²) in [4.78, 5) is 10.8. The fourth-order valence-electron chi connectivity index (χ4n) is 2.60. The Morgan fingerprint density at radius 3 is 2.63 bits per heavy atom. The molecular weight excluding hydrogens is 264 g/mol. The summed E-state index contributed by atoms with van der Waals surface area (Å²) in [6.07, 6.45) is 0. The van der Waals surface area contributed by atoms with E-state index in [4.69, 9.17) is 5.14 Å². The first-order chi connectivity index (χ1) is 8.74. The van der Waals surface area contributed by atoms with E-state index in [0.29, 0.717) is 6.54 Å². The van der Waals surface area contributed by atoms with Crippen LogP contribution in [0.25, 0.3) is 0 Å². The zero-order chi connectivity index (χ0) is 14.2. The molecule has 1 saturated heterocycles. The third kappa shape index (κ3) is 3.63. The van der Waals surface area contributed by atoms with Crippen LogP contribution < -0.4 is 10.0 Å². The lowest BCUT2D eigenvalue weighted by molar-refractivity contribution is 0.486. The van der Waals surface area contributed by atoms with Crippen molar-refractivity contribution in [1.82, 2.24) is 9.97 Å². The number of nitrogens with zero attached hydrogens (tertiary/aromatic N) is 3. The van der Waals surface area contributed by atoms with Gasteiger partial charge in [-0.15, -0.1) is 0 Å². The Kier molecular flexibility index (Phi) is 3.78. The second-order valence-electron chi connectivity index (χ2n) is 5.39. The molecule has 1 aromatic rings. The van der Waals surface area contributed by atoms with Crippen LogP contribution in [0.4, 0.5) is 5.82 Å². The van der Waals surface area contributed by atoms with Gasteiger partial charge in [-0.3, -0.25) is 0 Å². The molecule has 1 fully saturated rings. The normalized spacial score (nSPS) is 23.9. The summed E-state index contributed by atoms with van der Waals surface area (Å²) >= 11 is 0. The minimum Gasteiger partial charge on any atom is -0.356 e. The average molecular weight is 284 g/mol. The molecule has 19 heavy (non-hydrogen) atoms. The Balaban J connectivity index is 2.16. The van der Waals surface area contributed by atoms with E-state index >= 15 is 0 Å². The molecule has 2 rings (SSSR count). The average Bonchev–Trinajstić information content (AvgIpc) is 2.56. The number of aromatic nitrogens is 2. The van der Waals surface area contributed by atoms with Crippen molar-refractivity contribution in [3.63, 3.8) is 0 Å². The lowest BCUT2D eigenvalue weighted by atomic mass is 10.0. The largest absolute Gasteiger partial charge is 0.356 e. The molecule has 2 N–H and O–H groups in total. The molecule has 1 aromatic heterocycles. The monoisotopic (exact) mass is 284 g/mol. The fourth-order valence-corrected chi connectivity index (χ4v) is 3.63. The molecule has 0 spiro atoms. The van der Waals surface area contributed by atoms with Gasteiger partial charge in [-0.1, -0.05) is 6.92 Å². The van der Waals surface area contributed by atoms with Gasteiger partial charge >= 0.3 is 0 Å². The summed E-state index contributed by atoms with van der Waals surface area (Å²) in [5, 5.41) is 5.14.